The first-order chi connectivity index (χ1) is 30.6. The predicted molar refractivity (Wildman–Crippen MR) is 260 cm³/mol. The molecular weight excluding hydrogens is 1010 g/mol. The van der Waals surface area contributed by atoms with E-state index in [0.717, 1.165) is 50.9 Å². The van der Waals surface area contributed by atoms with Crippen molar-refractivity contribution in [2.75, 3.05) is 9.80 Å². The Balaban J connectivity index is 0.00000592. The summed E-state index contributed by atoms with van der Waals surface area (Å²) in [4.78, 5) is 8.99. The number of alkyl halides is 3. The van der Waals surface area contributed by atoms with Crippen LogP contribution in [0.5, 0.6) is 11.5 Å². The minimum atomic E-state index is -4.72. The van der Waals surface area contributed by atoms with E-state index in [4.69, 9.17) is 9.72 Å². The van der Waals surface area contributed by atoms with Gasteiger partial charge >= 0.3 is 6.18 Å². The molecule has 0 atom stereocenters. The van der Waals surface area contributed by atoms with Gasteiger partial charge in [-0.15, -0.1) is 48.3 Å². The molecule has 0 spiro atoms. The molecule has 0 aliphatic carbocycles. The monoisotopic (exact) mass is 1060 g/mol. The third-order valence-electron chi connectivity index (χ3n) is 12.4. The van der Waals surface area contributed by atoms with Crippen molar-refractivity contribution in [3.05, 3.63) is 174 Å². The van der Waals surface area contributed by atoms with Crippen LogP contribution in [0.2, 0.25) is 0 Å². The number of benzene rings is 6. The summed E-state index contributed by atoms with van der Waals surface area (Å²) in [6.07, 6.45) is -3.01. The van der Waals surface area contributed by atoms with Gasteiger partial charge in [0, 0.05) is 61.3 Å². The third kappa shape index (κ3) is 8.65. The smallest absolute Gasteiger partial charge is 0.395 e. The molecule has 0 saturated heterocycles. The van der Waals surface area contributed by atoms with Gasteiger partial charge in [-0.3, -0.25) is 0 Å². The third-order valence-corrected chi connectivity index (χ3v) is 12.4. The van der Waals surface area contributed by atoms with E-state index < -0.39 is 11.7 Å². The first-order valence-corrected chi connectivity index (χ1v) is 22.1. The summed E-state index contributed by atoms with van der Waals surface area (Å²) in [5.41, 5.74) is 10.6. The van der Waals surface area contributed by atoms with Crippen LogP contribution in [0.3, 0.4) is 0 Å². The van der Waals surface area contributed by atoms with Crippen LogP contribution in [-0.4, -0.2) is 9.55 Å². The Bertz CT molecular complexity index is 3090. The number of rotatable bonds is 6. The second kappa shape index (κ2) is 16.8. The molecule has 0 amide bonds. The van der Waals surface area contributed by atoms with Crippen LogP contribution in [0.4, 0.5) is 35.9 Å². The molecule has 3 heterocycles. The minimum Gasteiger partial charge on any atom is -0.509 e. The number of fused-ring (bicyclic) bond motifs is 4. The van der Waals surface area contributed by atoms with Gasteiger partial charge in [0.05, 0.1) is 0 Å². The topological polar surface area (TPSA) is 33.5 Å². The Hall–Kier alpha value is -5.85. The molecule has 6 aromatic carbocycles. The molecule has 9 heteroatoms. The zero-order valence-electron chi connectivity index (χ0n) is 39.3. The second-order valence-electron chi connectivity index (χ2n) is 20.4. The van der Waals surface area contributed by atoms with Gasteiger partial charge in [-0.2, -0.15) is 13.2 Å². The van der Waals surface area contributed by atoms with E-state index in [-0.39, 0.29) is 59.7 Å². The molecule has 8 aromatic rings. The van der Waals surface area contributed by atoms with Gasteiger partial charge in [0.15, 0.2) is 0 Å². The zero-order valence-corrected chi connectivity index (χ0v) is 41.5. The predicted octanol–water partition coefficient (Wildman–Crippen LogP) is 16.2. The van der Waals surface area contributed by atoms with Gasteiger partial charge in [-0.05, 0) is 117 Å². The quantitative estimate of drug-likeness (QED) is 0.155. The Morgan fingerprint density at radius 2 is 1.20 bits per heavy atom. The van der Waals surface area contributed by atoms with Gasteiger partial charge in [-0.1, -0.05) is 128 Å². The van der Waals surface area contributed by atoms with Crippen LogP contribution in [0, 0.1) is 32.6 Å². The standard InChI is InChI=1S/C57H54F3N4O.Pt/c1-35-17-16-18-36(2)52(35)37-25-41(62-34-63(49-22-15-14-21-48(49)62)42-28-39(55(6,7)8)27-40(29-42)56(9,10)11)31-43(26-37)65-44-32-46(57(58,59)60)53-45-19-12-13-20-47(45)64(50(53)33-44)51-30-38(23-24-61-51)54(3,4)5;/h12-30,32,34H,1-11H3;/q-3;. The number of hydrogen-bond donors (Lipinski definition) is 0. The van der Waals surface area contributed by atoms with Crippen molar-refractivity contribution in [2.45, 2.75) is 98.6 Å². The van der Waals surface area contributed by atoms with E-state index in [0.29, 0.717) is 22.4 Å². The molecular formula is C57H54F3N4OPt-3. The second-order valence-corrected chi connectivity index (χ2v) is 20.4. The summed E-state index contributed by atoms with van der Waals surface area (Å²) in [6.45, 7) is 25.9. The average molecular weight is 1060 g/mol. The Labute approximate surface area is 401 Å². The van der Waals surface area contributed by atoms with Crippen molar-refractivity contribution in [1.29, 1.82) is 0 Å². The number of aryl methyl sites for hydroxylation is 2. The molecule has 0 N–H and O–H groups in total. The maximum atomic E-state index is 15.4. The van der Waals surface area contributed by atoms with E-state index in [1.165, 1.54) is 11.1 Å². The first-order valence-electron chi connectivity index (χ1n) is 22.1. The zero-order chi connectivity index (χ0) is 46.4. The molecule has 9 rings (SSSR count). The van der Waals surface area contributed by atoms with E-state index in [2.05, 4.69) is 153 Å². The maximum Gasteiger partial charge on any atom is 0.395 e. The molecule has 0 bridgehead atoms. The summed E-state index contributed by atoms with van der Waals surface area (Å²) in [6, 6.07) is 44.0. The molecule has 0 unspecified atom stereocenters. The average Bonchev–Trinajstić information content (AvgIpc) is 3.78. The van der Waals surface area contributed by atoms with E-state index in [9.17, 15) is 0 Å². The molecule has 5 nitrogen and oxygen atoms in total. The summed E-state index contributed by atoms with van der Waals surface area (Å²) < 4.78 is 54.7. The molecule has 342 valence electrons. The number of nitrogens with zero attached hydrogens (tertiary/aromatic N) is 4. The van der Waals surface area contributed by atoms with Gasteiger partial charge in [0.25, 0.3) is 0 Å². The van der Waals surface area contributed by atoms with Gasteiger partial charge in [-0.25, -0.2) is 4.98 Å². The van der Waals surface area contributed by atoms with Crippen LogP contribution in [0.1, 0.15) is 95.7 Å². The van der Waals surface area contributed by atoms with Crippen LogP contribution in [-0.2, 0) is 43.5 Å². The van der Waals surface area contributed by atoms with Crippen LogP contribution < -0.4 is 14.5 Å². The summed E-state index contributed by atoms with van der Waals surface area (Å²) in [5, 5.41) is 0.479. The number of anilines is 4. The van der Waals surface area contributed by atoms with Crippen molar-refractivity contribution in [3.63, 3.8) is 0 Å². The van der Waals surface area contributed by atoms with Crippen molar-refractivity contribution in [3.8, 4) is 28.4 Å². The van der Waals surface area contributed by atoms with Gasteiger partial charge in [0.2, 0.25) is 0 Å². The number of halogens is 3. The first kappa shape index (κ1) is 46.7. The number of pyridine rings is 1. The van der Waals surface area contributed by atoms with Crippen molar-refractivity contribution >= 4 is 44.6 Å². The SMILES string of the molecule is Cc1cccc(C)c1-c1cc(Oc2[c-]c3c(c(C(F)(F)F)c2)c2ccccc2n3-c2cc(C(C)(C)C)ccn2)[c-]c(N2[CH-]N(c3cc(C(C)(C)C)cc(C(C)(C)C)c3)c3ccccc32)c1.[Pt]. The molecule has 2 aromatic heterocycles. The summed E-state index contributed by atoms with van der Waals surface area (Å²) >= 11 is 0. The van der Waals surface area contributed by atoms with Crippen LogP contribution in [0.25, 0.3) is 38.8 Å². The number of hydrogen-bond acceptors (Lipinski definition) is 4. The Morgan fingerprint density at radius 3 is 1.82 bits per heavy atom. The number of para-hydroxylation sites is 3. The maximum absolute atomic E-state index is 15.4. The van der Waals surface area contributed by atoms with E-state index in [1.54, 1.807) is 22.9 Å². The minimum absolute atomic E-state index is 0. The number of aromatic nitrogens is 2. The van der Waals surface area contributed by atoms with E-state index in [1.807, 2.05) is 48.5 Å². The van der Waals surface area contributed by atoms with Crippen molar-refractivity contribution < 1.29 is 39.0 Å². The van der Waals surface area contributed by atoms with Crippen LogP contribution in [0.15, 0.2) is 121 Å². The summed E-state index contributed by atoms with van der Waals surface area (Å²) in [7, 11) is 0. The fourth-order valence-electron chi connectivity index (χ4n) is 8.88. The molecule has 66 heavy (non-hydrogen) atoms. The fraction of sp³-hybridized carbons (Fsp3) is 0.263. The van der Waals surface area contributed by atoms with Crippen LogP contribution >= 0.6 is 0 Å². The van der Waals surface area contributed by atoms with Crippen molar-refractivity contribution in [2.24, 2.45) is 0 Å². The molecule has 0 saturated carbocycles. The van der Waals surface area contributed by atoms with E-state index >= 15 is 13.2 Å². The van der Waals surface area contributed by atoms with Crippen molar-refractivity contribution in [1.82, 2.24) is 9.55 Å². The largest absolute Gasteiger partial charge is 0.509 e. The molecule has 1 aliphatic rings. The van der Waals surface area contributed by atoms with Gasteiger partial charge in [0.1, 0.15) is 5.82 Å². The number of ether oxygens (including phenoxy) is 1. The molecule has 0 radical (unpaired) electrons. The fourth-order valence-corrected chi connectivity index (χ4v) is 8.88. The Kier molecular flexibility index (Phi) is 11.9. The Morgan fingerprint density at radius 1 is 0.606 bits per heavy atom. The summed E-state index contributed by atoms with van der Waals surface area (Å²) in [5.74, 6) is 0.641. The molecule has 1 aliphatic heterocycles. The van der Waals surface area contributed by atoms with Gasteiger partial charge < -0.3 is 19.1 Å². The molecule has 0 fully saturated rings. The normalized spacial score (nSPS) is 13.4.